The Hall–Kier alpha value is -1.15. The van der Waals surface area contributed by atoms with E-state index in [4.69, 9.17) is 32.7 Å². The second-order valence-electron chi connectivity index (χ2n) is 7.10. The minimum atomic E-state index is -3.61. The number of halogens is 2. The van der Waals surface area contributed by atoms with Crippen molar-refractivity contribution in [2.45, 2.75) is 42.4 Å². The summed E-state index contributed by atoms with van der Waals surface area (Å²) in [4.78, 5) is 0.235. The van der Waals surface area contributed by atoms with Crippen molar-refractivity contribution in [3.8, 4) is 11.1 Å². The molecule has 4 rings (SSSR count). The second kappa shape index (κ2) is 8.30. The standard InChI is InChI=1S/C20H21Cl2NO4S/c21-17-7-3-14(11-18(17)22)13-1-5-16(6-2-13)28(24,25)23-15-4-8-19-20(12-15)27-10-9-26-19/h1-3,5-7,11,15,19-20,23H,4,8-10,12H2/t15-,19-,20+/m1/s1. The summed E-state index contributed by atoms with van der Waals surface area (Å²) < 4.78 is 39.8. The van der Waals surface area contributed by atoms with Crippen LogP contribution in [0.5, 0.6) is 0 Å². The summed E-state index contributed by atoms with van der Waals surface area (Å²) in [6.45, 7) is 1.18. The van der Waals surface area contributed by atoms with Gasteiger partial charge in [0.15, 0.2) is 0 Å². The minimum Gasteiger partial charge on any atom is -0.373 e. The van der Waals surface area contributed by atoms with E-state index >= 15 is 0 Å². The van der Waals surface area contributed by atoms with E-state index in [0.717, 1.165) is 24.0 Å². The van der Waals surface area contributed by atoms with Crippen LogP contribution in [0.25, 0.3) is 11.1 Å². The van der Waals surface area contributed by atoms with Crippen LogP contribution in [0.4, 0.5) is 0 Å². The molecule has 0 radical (unpaired) electrons. The molecule has 1 aliphatic heterocycles. The third-order valence-electron chi connectivity index (χ3n) is 5.22. The summed E-state index contributed by atoms with van der Waals surface area (Å²) in [6.07, 6.45) is 2.22. The molecule has 0 spiro atoms. The van der Waals surface area contributed by atoms with Gasteiger partial charge in [0, 0.05) is 6.04 Å². The average molecular weight is 442 g/mol. The molecule has 1 N–H and O–H groups in total. The van der Waals surface area contributed by atoms with Crippen LogP contribution in [0.2, 0.25) is 10.0 Å². The zero-order valence-electron chi connectivity index (χ0n) is 15.1. The summed E-state index contributed by atoms with van der Waals surface area (Å²) in [5.74, 6) is 0. The van der Waals surface area contributed by atoms with Gasteiger partial charge in [0.2, 0.25) is 10.0 Å². The Morgan fingerprint density at radius 1 is 0.857 bits per heavy atom. The zero-order chi connectivity index (χ0) is 19.7. The van der Waals surface area contributed by atoms with Gasteiger partial charge in [-0.3, -0.25) is 0 Å². The van der Waals surface area contributed by atoms with Gasteiger partial charge in [0.05, 0.1) is 40.4 Å². The number of rotatable bonds is 4. The first-order valence-corrected chi connectivity index (χ1v) is 11.5. The first-order chi connectivity index (χ1) is 13.4. The van der Waals surface area contributed by atoms with Crippen molar-refractivity contribution in [3.05, 3.63) is 52.5 Å². The minimum absolute atomic E-state index is 0.0350. The van der Waals surface area contributed by atoms with E-state index in [1.165, 1.54) is 0 Å². The van der Waals surface area contributed by atoms with Gasteiger partial charge in [0.1, 0.15) is 0 Å². The molecule has 2 aromatic rings. The Balaban J connectivity index is 1.46. The molecule has 0 aromatic heterocycles. The van der Waals surface area contributed by atoms with E-state index in [0.29, 0.717) is 29.7 Å². The number of nitrogens with one attached hydrogen (secondary N) is 1. The highest BCUT2D eigenvalue weighted by molar-refractivity contribution is 7.89. The maximum atomic E-state index is 12.8. The normalized spacial score (nSPS) is 25.3. The lowest BCUT2D eigenvalue weighted by atomic mass is 9.90. The fraction of sp³-hybridized carbons (Fsp3) is 0.400. The third kappa shape index (κ3) is 4.37. The van der Waals surface area contributed by atoms with Gasteiger partial charge in [-0.1, -0.05) is 41.4 Å². The molecule has 5 nitrogen and oxygen atoms in total. The van der Waals surface area contributed by atoms with Gasteiger partial charge in [-0.2, -0.15) is 0 Å². The molecule has 1 saturated heterocycles. The molecule has 150 valence electrons. The molecule has 28 heavy (non-hydrogen) atoms. The second-order valence-corrected chi connectivity index (χ2v) is 9.63. The van der Waals surface area contributed by atoms with Crippen LogP contribution in [-0.2, 0) is 19.5 Å². The van der Waals surface area contributed by atoms with Crippen LogP contribution in [-0.4, -0.2) is 39.9 Å². The van der Waals surface area contributed by atoms with Crippen LogP contribution >= 0.6 is 23.2 Å². The molecule has 8 heteroatoms. The third-order valence-corrected chi connectivity index (χ3v) is 7.49. The van der Waals surface area contributed by atoms with E-state index in [2.05, 4.69) is 4.72 Å². The summed E-state index contributed by atoms with van der Waals surface area (Å²) in [7, 11) is -3.61. The van der Waals surface area contributed by atoms with Gasteiger partial charge in [-0.05, 0) is 54.7 Å². The number of hydrogen-bond donors (Lipinski definition) is 1. The quantitative estimate of drug-likeness (QED) is 0.768. The topological polar surface area (TPSA) is 64.6 Å². The molecule has 2 aromatic carbocycles. The van der Waals surface area contributed by atoms with Gasteiger partial charge in [0.25, 0.3) is 0 Å². The molecule has 0 bridgehead atoms. The molecule has 0 unspecified atom stereocenters. The van der Waals surface area contributed by atoms with Gasteiger partial charge in [-0.15, -0.1) is 0 Å². The molecule has 1 heterocycles. The maximum Gasteiger partial charge on any atom is 0.240 e. The lowest BCUT2D eigenvalue weighted by Gasteiger charge is -2.38. The zero-order valence-corrected chi connectivity index (χ0v) is 17.4. The summed E-state index contributed by atoms with van der Waals surface area (Å²) >= 11 is 12.0. The fourth-order valence-electron chi connectivity index (χ4n) is 3.76. The van der Waals surface area contributed by atoms with Crippen LogP contribution in [0.1, 0.15) is 19.3 Å². The Morgan fingerprint density at radius 3 is 2.25 bits per heavy atom. The van der Waals surface area contributed by atoms with Crippen molar-refractivity contribution in [3.63, 3.8) is 0 Å². The largest absolute Gasteiger partial charge is 0.373 e. The van der Waals surface area contributed by atoms with E-state index in [1.807, 2.05) is 6.07 Å². The Bertz CT molecular complexity index is 949. The monoisotopic (exact) mass is 441 g/mol. The highest BCUT2D eigenvalue weighted by atomic mass is 35.5. The van der Waals surface area contributed by atoms with Crippen molar-refractivity contribution in [2.24, 2.45) is 0 Å². The smallest absolute Gasteiger partial charge is 0.240 e. The van der Waals surface area contributed by atoms with Crippen LogP contribution in [0.15, 0.2) is 47.4 Å². The Morgan fingerprint density at radius 2 is 1.54 bits per heavy atom. The van der Waals surface area contributed by atoms with Crippen molar-refractivity contribution < 1.29 is 17.9 Å². The van der Waals surface area contributed by atoms with E-state index in [1.54, 1.807) is 36.4 Å². The van der Waals surface area contributed by atoms with Gasteiger partial charge >= 0.3 is 0 Å². The molecule has 2 fully saturated rings. The first-order valence-electron chi connectivity index (χ1n) is 9.23. The number of ether oxygens (including phenoxy) is 2. The van der Waals surface area contributed by atoms with Crippen molar-refractivity contribution in [1.82, 2.24) is 4.72 Å². The highest BCUT2D eigenvalue weighted by Gasteiger charge is 2.35. The molecule has 0 amide bonds. The predicted octanol–water partition coefficient (Wildman–Crippen LogP) is 4.28. The molecule has 2 aliphatic rings. The highest BCUT2D eigenvalue weighted by Crippen LogP contribution is 2.30. The maximum absolute atomic E-state index is 12.8. The number of sulfonamides is 1. The number of benzene rings is 2. The average Bonchev–Trinajstić information content (AvgIpc) is 2.70. The van der Waals surface area contributed by atoms with Crippen molar-refractivity contribution in [1.29, 1.82) is 0 Å². The fourth-order valence-corrected chi connectivity index (χ4v) is 5.34. The number of fused-ring (bicyclic) bond motifs is 1. The van der Waals surface area contributed by atoms with Gasteiger partial charge < -0.3 is 9.47 Å². The molecule has 1 saturated carbocycles. The Kier molecular flexibility index (Phi) is 5.97. The predicted molar refractivity (Wildman–Crippen MR) is 109 cm³/mol. The molecule has 3 atom stereocenters. The van der Waals surface area contributed by atoms with Gasteiger partial charge in [-0.25, -0.2) is 13.1 Å². The van der Waals surface area contributed by atoms with Crippen molar-refractivity contribution in [2.75, 3.05) is 13.2 Å². The van der Waals surface area contributed by atoms with Crippen molar-refractivity contribution >= 4 is 33.2 Å². The lowest BCUT2D eigenvalue weighted by Crippen LogP contribution is -2.49. The first kappa shape index (κ1) is 20.1. The van der Waals surface area contributed by atoms with E-state index in [9.17, 15) is 8.42 Å². The Labute approximate surface area is 175 Å². The van der Waals surface area contributed by atoms with E-state index < -0.39 is 10.0 Å². The summed E-state index contributed by atoms with van der Waals surface area (Å²) in [5, 5.41) is 0.943. The summed E-state index contributed by atoms with van der Waals surface area (Å²) in [5.41, 5.74) is 1.74. The summed E-state index contributed by atoms with van der Waals surface area (Å²) in [6, 6.07) is 11.9. The van der Waals surface area contributed by atoms with E-state index in [-0.39, 0.29) is 23.1 Å². The SMILES string of the molecule is O=S(=O)(N[C@@H]1CC[C@H]2OCCO[C@H]2C1)c1ccc(-c2ccc(Cl)c(Cl)c2)cc1. The van der Waals surface area contributed by atoms with Crippen LogP contribution in [0, 0.1) is 0 Å². The molecular formula is C20H21Cl2NO4S. The number of hydrogen-bond acceptors (Lipinski definition) is 4. The molecule has 1 aliphatic carbocycles. The molecular weight excluding hydrogens is 421 g/mol. The van der Waals surface area contributed by atoms with Crippen LogP contribution < -0.4 is 4.72 Å². The van der Waals surface area contributed by atoms with Crippen LogP contribution in [0.3, 0.4) is 0 Å². The lowest BCUT2D eigenvalue weighted by molar-refractivity contribution is -0.156.